The van der Waals surface area contributed by atoms with Crippen LogP contribution in [0.4, 0.5) is 0 Å². The minimum atomic E-state index is -0.428. The van der Waals surface area contributed by atoms with Crippen LogP contribution in [-0.2, 0) is 11.2 Å². The van der Waals surface area contributed by atoms with Crippen LogP contribution in [0.25, 0.3) is 0 Å². The van der Waals surface area contributed by atoms with Crippen molar-refractivity contribution in [2.24, 2.45) is 5.41 Å². The highest BCUT2D eigenvalue weighted by Gasteiger charge is 2.22. The predicted octanol–water partition coefficient (Wildman–Crippen LogP) is 2.10. The molecule has 0 bridgehead atoms. The maximum Gasteiger partial charge on any atom is 0.162 e. The number of rotatable bonds is 3. The molecule has 0 radical (unpaired) electrons. The molecular formula is C11H13ClN2O2. The van der Waals surface area contributed by atoms with Crippen LogP contribution in [0.3, 0.4) is 0 Å². The molecule has 0 aliphatic rings. The van der Waals surface area contributed by atoms with E-state index in [0.29, 0.717) is 12.0 Å². The normalized spacial score (nSPS) is 11.2. The molecule has 16 heavy (non-hydrogen) atoms. The fourth-order valence-electron chi connectivity index (χ4n) is 1.03. The maximum absolute atomic E-state index is 11.7. The molecule has 0 aliphatic carbocycles. The summed E-state index contributed by atoms with van der Waals surface area (Å²) in [5.74, 6) is 0.0426. The van der Waals surface area contributed by atoms with E-state index < -0.39 is 5.41 Å². The molecule has 0 aliphatic heterocycles. The van der Waals surface area contributed by atoms with Crippen LogP contribution < -0.4 is 0 Å². The van der Waals surface area contributed by atoms with Gasteiger partial charge in [0, 0.05) is 5.41 Å². The predicted molar refractivity (Wildman–Crippen MR) is 60.6 cm³/mol. The van der Waals surface area contributed by atoms with Gasteiger partial charge in [0.25, 0.3) is 0 Å². The van der Waals surface area contributed by atoms with Gasteiger partial charge in [-0.2, -0.15) is 5.10 Å². The van der Waals surface area contributed by atoms with E-state index >= 15 is 0 Å². The van der Waals surface area contributed by atoms with Gasteiger partial charge < -0.3 is 0 Å². The van der Waals surface area contributed by atoms with E-state index in [1.54, 1.807) is 0 Å². The molecule has 4 nitrogen and oxygen atoms in total. The molecule has 0 N–H and O–H groups in total. The van der Waals surface area contributed by atoms with E-state index in [0.717, 1.165) is 0 Å². The SMILES string of the molecule is CC(C)(C)C(=O)Cc1cc(C=O)c(Cl)nn1. The van der Waals surface area contributed by atoms with Crippen LogP contribution in [0.15, 0.2) is 6.07 Å². The molecule has 0 saturated heterocycles. The Morgan fingerprint density at radius 3 is 2.56 bits per heavy atom. The fourth-order valence-corrected chi connectivity index (χ4v) is 1.17. The summed E-state index contributed by atoms with van der Waals surface area (Å²) in [6.07, 6.45) is 0.761. The number of hydrogen-bond donors (Lipinski definition) is 0. The van der Waals surface area contributed by atoms with Gasteiger partial charge >= 0.3 is 0 Å². The first-order valence-electron chi connectivity index (χ1n) is 4.85. The largest absolute Gasteiger partial charge is 0.299 e. The van der Waals surface area contributed by atoms with Gasteiger partial charge in [0.1, 0.15) is 5.78 Å². The summed E-state index contributed by atoms with van der Waals surface area (Å²) in [5, 5.41) is 7.45. The standard InChI is InChI=1S/C11H13ClN2O2/c1-11(2,3)9(16)5-8-4-7(6-15)10(12)14-13-8/h4,6H,5H2,1-3H3. The Hall–Kier alpha value is -1.29. The first-order valence-corrected chi connectivity index (χ1v) is 5.23. The van der Waals surface area contributed by atoms with Crippen molar-refractivity contribution in [2.45, 2.75) is 27.2 Å². The van der Waals surface area contributed by atoms with Crippen molar-refractivity contribution >= 4 is 23.7 Å². The van der Waals surface area contributed by atoms with Crippen LogP contribution in [0.5, 0.6) is 0 Å². The second-order valence-corrected chi connectivity index (χ2v) is 4.91. The maximum atomic E-state index is 11.7. The lowest BCUT2D eigenvalue weighted by molar-refractivity contribution is -0.125. The molecule has 0 aromatic carbocycles. The summed E-state index contributed by atoms with van der Waals surface area (Å²) >= 11 is 5.63. The number of aromatic nitrogens is 2. The number of Topliss-reactive ketones (excluding diaryl/α,β-unsaturated/α-hetero) is 1. The average molecular weight is 241 g/mol. The van der Waals surface area contributed by atoms with Crippen LogP contribution >= 0.6 is 11.6 Å². The Morgan fingerprint density at radius 2 is 2.06 bits per heavy atom. The third kappa shape index (κ3) is 3.10. The number of nitrogens with zero attached hydrogens (tertiary/aromatic N) is 2. The smallest absolute Gasteiger partial charge is 0.162 e. The van der Waals surface area contributed by atoms with E-state index in [1.807, 2.05) is 20.8 Å². The second kappa shape index (κ2) is 4.70. The Morgan fingerprint density at radius 1 is 1.44 bits per heavy atom. The van der Waals surface area contributed by atoms with Gasteiger partial charge in [-0.25, -0.2) is 0 Å². The Bertz CT molecular complexity index is 424. The minimum absolute atomic E-state index is 0.0426. The van der Waals surface area contributed by atoms with E-state index in [9.17, 15) is 9.59 Å². The summed E-state index contributed by atoms with van der Waals surface area (Å²) < 4.78 is 0. The Balaban J connectivity index is 2.91. The van der Waals surface area contributed by atoms with Crippen LogP contribution in [0, 0.1) is 5.41 Å². The summed E-state index contributed by atoms with van der Waals surface area (Å²) in [5.41, 5.74) is 0.294. The lowest BCUT2D eigenvalue weighted by Gasteiger charge is -2.15. The molecule has 1 heterocycles. The van der Waals surface area contributed by atoms with Crippen LogP contribution in [-0.4, -0.2) is 22.3 Å². The zero-order valence-electron chi connectivity index (χ0n) is 9.45. The van der Waals surface area contributed by atoms with Crippen molar-refractivity contribution < 1.29 is 9.59 Å². The third-order valence-corrected chi connectivity index (χ3v) is 2.43. The van der Waals surface area contributed by atoms with Crippen molar-refractivity contribution in [1.82, 2.24) is 10.2 Å². The number of halogens is 1. The lowest BCUT2D eigenvalue weighted by atomic mass is 9.88. The topological polar surface area (TPSA) is 59.9 Å². The Kier molecular flexibility index (Phi) is 3.75. The van der Waals surface area contributed by atoms with E-state index in [4.69, 9.17) is 11.6 Å². The summed E-state index contributed by atoms with van der Waals surface area (Å²) in [6, 6.07) is 1.49. The third-order valence-electron chi connectivity index (χ3n) is 2.13. The lowest BCUT2D eigenvalue weighted by Crippen LogP contribution is -2.22. The Labute approximate surface area is 99.0 Å². The van der Waals surface area contributed by atoms with Gasteiger partial charge in [0.05, 0.1) is 17.7 Å². The molecule has 0 amide bonds. The van der Waals surface area contributed by atoms with Gasteiger partial charge in [-0.05, 0) is 6.07 Å². The number of carbonyl (C=O) groups is 2. The first kappa shape index (κ1) is 12.8. The second-order valence-electron chi connectivity index (χ2n) is 4.55. The number of ketones is 1. The molecule has 1 aromatic heterocycles. The van der Waals surface area contributed by atoms with E-state index in [1.165, 1.54) is 6.07 Å². The molecule has 86 valence electrons. The number of hydrogen-bond acceptors (Lipinski definition) is 4. The molecule has 0 saturated carbocycles. The van der Waals surface area contributed by atoms with Crippen LogP contribution in [0.1, 0.15) is 36.8 Å². The van der Waals surface area contributed by atoms with Crippen molar-refractivity contribution in [1.29, 1.82) is 0 Å². The zero-order chi connectivity index (χ0) is 12.3. The monoisotopic (exact) mass is 240 g/mol. The van der Waals surface area contributed by atoms with Gasteiger partial charge in [0.15, 0.2) is 11.4 Å². The average Bonchev–Trinajstić information content (AvgIpc) is 2.19. The molecule has 0 spiro atoms. The molecule has 0 atom stereocenters. The van der Waals surface area contributed by atoms with Crippen LogP contribution in [0.2, 0.25) is 5.15 Å². The minimum Gasteiger partial charge on any atom is -0.299 e. The van der Waals surface area contributed by atoms with Gasteiger partial charge in [0.2, 0.25) is 0 Å². The molecule has 1 aromatic rings. The fraction of sp³-hybridized carbons (Fsp3) is 0.455. The summed E-state index contributed by atoms with van der Waals surface area (Å²) in [6.45, 7) is 5.50. The summed E-state index contributed by atoms with van der Waals surface area (Å²) in [4.78, 5) is 22.4. The van der Waals surface area contributed by atoms with Crippen molar-refractivity contribution in [3.63, 3.8) is 0 Å². The van der Waals surface area contributed by atoms with Gasteiger partial charge in [-0.15, -0.1) is 5.10 Å². The highest BCUT2D eigenvalue weighted by molar-refractivity contribution is 6.31. The number of carbonyl (C=O) groups excluding carboxylic acids is 2. The van der Waals surface area contributed by atoms with Crippen molar-refractivity contribution in [3.05, 3.63) is 22.5 Å². The van der Waals surface area contributed by atoms with Crippen molar-refractivity contribution in [3.8, 4) is 0 Å². The summed E-state index contributed by atoms with van der Waals surface area (Å²) in [7, 11) is 0. The molecule has 1 rings (SSSR count). The van der Waals surface area contributed by atoms with Crippen molar-refractivity contribution in [2.75, 3.05) is 0 Å². The van der Waals surface area contributed by atoms with Gasteiger partial charge in [-0.1, -0.05) is 32.4 Å². The highest BCUT2D eigenvalue weighted by Crippen LogP contribution is 2.18. The first-order chi connectivity index (χ1) is 7.34. The molecule has 0 unspecified atom stereocenters. The molecule has 0 fully saturated rings. The van der Waals surface area contributed by atoms with E-state index in [2.05, 4.69) is 10.2 Å². The number of aldehydes is 1. The highest BCUT2D eigenvalue weighted by atomic mass is 35.5. The quantitative estimate of drug-likeness (QED) is 0.760. The molecule has 5 heteroatoms. The van der Waals surface area contributed by atoms with E-state index in [-0.39, 0.29) is 22.9 Å². The molecular weight excluding hydrogens is 228 g/mol. The van der Waals surface area contributed by atoms with Gasteiger partial charge in [-0.3, -0.25) is 9.59 Å². The zero-order valence-corrected chi connectivity index (χ0v) is 10.2.